The number of nitrogens with zero attached hydrogens (tertiary/aromatic N) is 6. The second-order valence-electron chi connectivity index (χ2n) is 8.11. The van der Waals surface area contributed by atoms with Crippen LogP contribution >= 0.6 is 11.6 Å². The van der Waals surface area contributed by atoms with Crippen LogP contribution in [0.1, 0.15) is 12.5 Å². The number of carboxylic acid groups (broad SMARTS) is 1. The van der Waals surface area contributed by atoms with E-state index in [0.717, 1.165) is 0 Å². The number of aliphatic hydroxyl groups is 1. The first-order chi connectivity index (χ1) is 17.3. The second-order valence-corrected chi connectivity index (χ2v) is 8.55. The van der Waals surface area contributed by atoms with Crippen LogP contribution in [-0.2, 0) is 0 Å². The molecular weight excluding hydrogens is 500 g/mol. The molecule has 2 atom stereocenters. The van der Waals surface area contributed by atoms with E-state index in [4.69, 9.17) is 16.3 Å². The molecule has 0 unspecified atom stereocenters. The van der Waals surface area contributed by atoms with Crippen LogP contribution in [0.5, 0.6) is 5.75 Å². The fourth-order valence-corrected chi connectivity index (χ4v) is 4.32. The summed E-state index contributed by atoms with van der Waals surface area (Å²) in [5.41, 5.74) is 1.74. The Morgan fingerprint density at radius 3 is 2.92 bits per heavy atom. The predicted octanol–water partition coefficient (Wildman–Crippen LogP) is 3.88. The average molecular weight is 520 g/mol. The van der Waals surface area contributed by atoms with Gasteiger partial charge in [0, 0.05) is 42.3 Å². The summed E-state index contributed by atoms with van der Waals surface area (Å²) in [7, 11) is 0. The van der Waals surface area contributed by atoms with Gasteiger partial charge in [-0.3, -0.25) is 4.68 Å². The zero-order valence-electron chi connectivity index (χ0n) is 18.5. The van der Waals surface area contributed by atoms with Crippen molar-refractivity contribution in [3.8, 4) is 17.0 Å². The van der Waals surface area contributed by atoms with Gasteiger partial charge in [0.1, 0.15) is 17.1 Å². The first kappa shape index (κ1) is 23.8. The van der Waals surface area contributed by atoms with E-state index >= 15 is 0 Å². The SMILES string of the molecule is O=C(O)N1CC[C@H](O)[C@@H](n2cc(Nc3cnn4cccnc34)c(-c3cc(Cl)ccc3OC(F)F)n2)C1. The molecule has 1 saturated heterocycles. The molecule has 5 rings (SSSR count). The van der Waals surface area contributed by atoms with Crippen LogP contribution in [0.3, 0.4) is 0 Å². The number of alkyl halides is 2. The maximum atomic E-state index is 13.2. The summed E-state index contributed by atoms with van der Waals surface area (Å²) in [4.78, 5) is 17.0. The molecule has 0 aliphatic carbocycles. The van der Waals surface area contributed by atoms with Crippen molar-refractivity contribution in [3.05, 3.63) is 54.1 Å². The molecule has 0 radical (unpaired) electrons. The third-order valence-electron chi connectivity index (χ3n) is 5.85. The minimum atomic E-state index is -3.09. The molecule has 3 N–H and O–H groups in total. The number of aliphatic hydroxyl groups excluding tert-OH is 1. The highest BCUT2D eigenvalue weighted by molar-refractivity contribution is 6.31. The zero-order valence-corrected chi connectivity index (χ0v) is 19.3. The van der Waals surface area contributed by atoms with Gasteiger partial charge in [0.15, 0.2) is 5.65 Å². The van der Waals surface area contributed by atoms with Crippen molar-refractivity contribution in [1.29, 1.82) is 0 Å². The molecule has 14 heteroatoms. The molecule has 188 valence electrons. The standard InChI is InChI=1S/C22H20ClF2N7O4/c23-12-2-3-18(36-21(24)25)13(8-12)19-15(28-14-9-27-31-6-1-5-26-20(14)31)10-32(29-19)16-11-30(22(34)35)7-4-17(16)33/h1-3,5-6,8-10,16-17,21,28,33H,4,7,11H2,(H,34,35)/t16-,17-/m0/s1. The maximum absolute atomic E-state index is 13.2. The summed E-state index contributed by atoms with van der Waals surface area (Å²) >= 11 is 6.18. The number of rotatable bonds is 6. The molecule has 4 aromatic rings. The highest BCUT2D eigenvalue weighted by Crippen LogP contribution is 2.39. The molecule has 36 heavy (non-hydrogen) atoms. The lowest BCUT2D eigenvalue weighted by atomic mass is 10.0. The molecule has 0 bridgehead atoms. The Bertz CT molecular complexity index is 1410. The van der Waals surface area contributed by atoms with Crippen LogP contribution in [0.25, 0.3) is 16.9 Å². The van der Waals surface area contributed by atoms with Crippen LogP contribution in [0.15, 0.2) is 49.1 Å². The van der Waals surface area contributed by atoms with Crippen molar-refractivity contribution < 1.29 is 28.5 Å². The quantitative estimate of drug-likeness (QED) is 0.350. The van der Waals surface area contributed by atoms with Gasteiger partial charge in [-0.1, -0.05) is 11.6 Å². The summed E-state index contributed by atoms with van der Waals surface area (Å²) in [5, 5.41) is 32.3. The number of benzene rings is 1. The van der Waals surface area contributed by atoms with Gasteiger partial charge in [-0.2, -0.15) is 19.0 Å². The van der Waals surface area contributed by atoms with Gasteiger partial charge in [0.2, 0.25) is 0 Å². The van der Waals surface area contributed by atoms with E-state index in [1.807, 2.05) is 0 Å². The molecule has 1 aliphatic rings. The van der Waals surface area contributed by atoms with Crippen LogP contribution in [-0.4, -0.2) is 71.4 Å². The van der Waals surface area contributed by atoms with Crippen LogP contribution in [0.2, 0.25) is 5.02 Å². The molecule has 1 fully saturated rings. The Morgan fingerprint density at radius 1 is 1.31 bits per heavy atom. The number of aromatic nitrogens is 5. The predicted molar refractivity (Wildman–Crippen MR) is 125 cm³/mol. The second kappa shape index (κ2) is 9.59. The molecule has 4 heterocycles. The fourth-order valence-electron chi connectivity index (χ4n) is 4.15. The number of halogens is 3. The molecule has 1 amide bonds. The molecule has 1 aromatic carbocycles. The van der Waals surface area contributed by atoms with Gasteiger partial charge in [0.25, 0.3) is 0 Å². The summed E-state index contributed by atoms with van der Waals surface area (Å²) in [6.45, 7) is -2.91. The molecule has 0 spiro atoms. The summed E-state index contributed by atoms with van der Waals surface area (Å²) in [5.74, 6) is -0.156. The van der Waals surface area contributed by atoms with Crippen LogP contribution in [0.4, 0.5) is 25.0 Å². The van der Waals surface area contributed by atoms with Gasteiger partial charge >= 0.3 is 12.7 Å². The summed E-state index contributed by atoms with van der Waals surface area (Å²) in [6.07, 6.45) is 4.63. The van der Waals surface area contributed by atoms with Gasteiger partial charge in [0.05, 0.1) is 24.0 Å². The topological polar surface area (TPSA) is 130 Å². The average Bonchev–Trinajstić information content (AvgIpc) is 3.45. The zero-order chi connectivity index (χ0) is 25.4. The number of fused-ring (bicyclic) bond motifs is 1. The lowest BCUT2D eigenvalue weighted by molar-refractivity contribution is -0.0494. The Kier molecular flexibility index (Phi) is 6.33. The van der Waals surface area contributed by atoms with Crippen molar-refractivity contribution in [3.63, 3.8) is 0 Å². The minimum Gasteiger partial charge on any atom is -0.465 e. The molecule has 11 nitrogen and oxygen atoms in total. The lowest BCUT2D eigenvalue weighted by Gasteiger charge is -2.34. The van der Waals surface area contributed by atoms with E-state index in [1.54, 1.807) is 35.4 Å². The highest BCUT2D eigenvalue weighted by Gasteiger charge is 2.33. The number of nitrogens with one attached hydrogen (secondary N) is 1. The van der Waals surface area contributed by atoms with Gasteiger partial charge < -0.3 is 25.2 Å². The lowest BCUT2D eigenvalue weighted by Crippen LogP contribution is -2.46. The first-order valence-electron chi connectivity index (χ1n) is 10.9. The summed E-state index contributed by atoms with van der Waals surface area (Å²) in [6, 6.07) is 5.16. The number of ether oxygens (including phenoxy) is 1. The van der Waals surface area contributed by atoms with Crippen LogP contribution in [0, 0.1) is 0 Å². The molecule has 3 aromatic heterocycles. The Morgan fingerprint density at radius 2 is 2.14 bits per heavy atom. The maximum Gasteiger partial charge on any atom is 0.407 e. The van der Waals surface area contributed by atoms with E-state index in [-0.39, 0.29) is 41.5 Å². The normalized spacial score (nSPS) is 18.1. The van der Waals surface area contributed by atoms with Gasteiger partial charge in [-0.05, 0) is 30.7 Å². The number of hydrogen-bond donors (Lipinski definition) is 3. The third kappa shape index (κ3) is 4.62. The monoisotopic (exact) mass is 519 g/mol. The van der Waals surface area contributed by atoms with Crippen LogP contribution < -0.4 is 10.1 Å². The third-order valence-corrected chi connectivity index (χ3v) is 6.09. The molecular formula is C22H20ClF2N7O4. The summed E-state index contributed by atoms with van der Waals surface area (Å²) < 4.78 is 34.0. The first-order valence-corrected chi connectivity index (χ1v) is 11.2. The van der Waals surface area contributed by atoms with Crippen molar-refractivity contribution >= 4 is 34.7 Å². The highest BCUT2D eigenvalue weighted by atomic mass is 35.5. The van der Waals surface area contributed by atoms with E-state index < -0.39 is 24.9 Å². The number of carbonyl (C=O) groups is 1. The largest absolute Gasteiger partial charge is 0.465 e. The number of anilines is 2. The smallest absolute Gasteiger partial charge is 0.407 e. The Balaban J connectivity index is 1.62. The van der Waals surface area contributed by atoms with Gasteiger partial charge in [-0.15, -0.1) is 0 Å². The molecule has 1 aliphatic heterocycles. The number of hydrogen-bond acceptors (Lipinski definition) is 7. The van der Waals surface area contributed by atoms with Crippen molar-refractivity contribution in [1.82, 2.24) is 29.3 Å². The Hall–Kier alpha value is -3.97. The Labute approximate surface area is 207 Å². The number of likely N-dealkylation sites (tertiary alicyclic amines) is 1. The number of piperidine rings is 1. The van der Waals surface area contributed by atoms with E-state index in [1.165, 1.54) is 27.8 Å². The minimum absolute atomic E-state index is 0.00866. The molecule has 0 saturated carbocycles. The number of amides is 1. The van der Waals surface area contributed by atoms with Crippen molar-refractivity contribution in [2.24, 2.45) is 0 Å². The van der Waals surface area contributed by atoms with Crippen molar-refractivity contribution in [2.75, 3.05) is 18.4 Å². The fraction of sp³-hybridized carbons (Fsp3) is 0.273. The van der Waals surface area contributed by atoms with Gasteiger partial charge in [-0.25, -0.2) is 14.3 Å². The van der Waals surface area contributed by atoms with Crippen molar-refractivity contribution in [2.45, 2.75) is 25.2 Å². The van der Waals surface area contributed by atoms with E-state index in [2.05, 4.69) is 20.5 Å². The van der Waals surface area contributed by atoms with E-state index in [0.29, 0.717) is 17.0 Å². The van der Waals surface area contributed by atoms with E-state index in [9.17, 15) is 23.8 Å².